The van der Waals surface area contributed by atoms with E-state index in [4.69, 9.17) is 18.9 Å². The van der Waals surface area contributed by atoms with Crippen molar-refractivity contribution in [2.24, 2.45) is 0 Å². The highest BCUT2D eigenvalue weighted by atomic mass is 79.9. The molecule has 0 spiro atoms. The Morgan fingerprint density at radius 1 is 0.301 bits per heavy atom. The minimum atomic E-state index is -1.44. The van der Waals surface area contributed by atoms with E-state index in [0.29, 0.717) is 5.46 Å². The number of para-hydroxylation sites is 8. The van der Waals surface area contributed by atoms with Gasteiger partial charge in [-0.2, -0.15) is 0 Å². The van der Waals surface area contributed by atoms with E-state index in [-0.39, 0.29) is 7.43 Å². The highest BCUT2D eigenvalue weighted by Gasteiger charge is 2.16. The molecule has 0 amide bonds. The summed E-state index contributed by atoms with van der Waals surface area (Å²) in [4.78, 5) is 0. The van der Waals surface area contributed by atoms with Crippen molar-refractivity contribution in [1.82, 2.24) is 9.13 Å². The number of benzene rings is 12. The van der Waals surface area contributed by atoms with Crippen LogP contribution in [0.15, 0.2) is 308 Å². The molecule has 2 heterocycles. The number of fused-ring (bicyclic) bond motifs is 6. The van der Waals surface area contributed by atoms with Crippen LogP contribution in [0.2, 0.25) is 0 Å². The Labute approximate surface area is 491 Å². The average Bonchev–Trinajstić information content (AvgIpc) is 4.28. The fraction of sp³-hybridized carbons (Fsp3) is 0.0137. The topological polar surface area (TPSA) is 87.2 Å². The van der Waals surface area contributed by atoms with Gasteiger partial charge < -0.3 is 38.1 Å². The summed E-state index contributed by atoms with van der Waals surface area (Å²) in [6.07, 6.45) is 0. The second-order valence-electron chi connectivity index (χ2n) is 19.2. The zero-order valence-corrected chi connectivity index (χ0v) is 45.8. The summed E-state index contributed by atoms with van der Waals surface area (Å²) in [6, 6.07) is 100. The van der Waals surface area contributed by atoms with Gasteiger partial charge in [-0.05, 0) is 148 Å². The van der Waals surface area contributed by atoms with Gasteiger partial charge in [0.15, 0.2) is 0 Å². The van der Waals surface area contributed by atoms with E-state index < -0.39 is 7.12 Å². The second kappa shape index (κ2) is 25.6. The molecule has 0 unspecified atom stereocenters. The molecule has 0 saturated carbocycles. The summed E-state index contributed by atoms with van der Waals surface area (Å²) >= 11 is 3.49. The standard InChI is InChI=1S/C36H25NO2.C18H14BNO2.C18H13BrO2.CH4/c1-3-11-28(12-4-1)38-30-23-24-31(36(25-30)39-29-13-5-2-6-14-29)26-19-21-27(22-20-26)37-34-17-9-7-15-32(34)33-16-8-10-18-35(33)37;21-19(22)13-9-11-14(12-10-13)20-17-7-3-1-5-15(17)16-6-2-4-8-18(16)20;19-17-12-11-16(20-14-7-3-1-4-8-14)13-18(17)21-15-9-5-2-6-10-15;/h1-25H;1-12,21-22H;1-13H;1H4. The van der Waals surface area contributed by atoms with Gasteiger partial charge in [-0.3, -0.25) is 0 Å². The lowest BCUT2D eigenvalue weighted by Crippen LogP contribution is -2.29. The smallest absolute Gasteiger partial charge is 0.457 e. The van der Waals surface area contributed by atoms with E-state index in [1.54, 1.807) is 12.1 Å². The maximum atomic E-state index is 9.24. The van der Waals surface area contributed by atoms with Crippen LogP contribution in [0.4, 0.5) is 0 Å². The van der Waals surface area contributed by atoms with Crippen LogP contribution in [0, 0.1) is 0 Å². The lowest BCUT2D eigenvalue weighted by Gasteiger charge is -2.15. The van der Waals surface area contributed by atoms with Crippen LogP contribution in [0.5, 0.6) is 46.0 Å². The summed E-state index contributed by atoms with van der Waals surface area (Å²) in [5, 5.41) is 23.4. The van der Waals surface area contributed by atoms with E-state index in [2.05, 4.69) is 128 Å². The van der Waals surface area contributed by atoms with Crippen molar-refractivity contribution < 1.29 is 29.0 Å². The molecule has 0 aliphatic carbocycles. The Morgan fingerprint density at radius 3 is 1.02 bits per heavy atom. The van der Waals surface area contributed by atoms with Crippen molar-refractivity contribution in [3.63, 3.8) is 0 Å². The lowest BCUT2D eigenvalue weighted by atomic mass is 9.80. The van der Waals surface area contributed by atoms with Gasteiger partial charge in [-0.25, -0.2) is 0 Å². The van der Waals surface area contributed by atoms with Gasteiger partial charge in [-0.15, -0.1) is 0 Å². The molecule has 0 aliphatic heterocycles. The van der Waals surface area contributed by atoms with Crippen LogP contribution in [-0.2, 0) is 0 Å². The minimum absolute atomic E-state index is 0. The summed E-state index contributed by atoms with van der Waals surface area (Å²) in [7, 11) is -1.44. The molecule has 14 aromatic rings. The number of nitrogens with zero attached hydrogens (tertiary/aromatic N) is 2. The molecule has 12 aromatic carbocycles. The number of hydrogen-bond donors (Lipinski definition) is 2. The van der Waals surface area contributed by atoms with Crippen molar-refractivity contribution in [3.05, 3.63) is 308 Å². The Bertz CT molecular complexity index is 4320. The molecule has 404 valence electrons. The summed E-state index contributed by atoms with van der Waals surface area (Å²) in [5.74, 6) is 6.05. The Hall–Kier alpha value is -10.1. The van der Waals surface area contributed by atoms with Crippen molar-refractivity contribution in [3.8, 4) is 68.5 Å². The fourth-order valence-electron chi connectivity index (χ4n) is 9.98. The normalized spacial score (nSPS) is 10.7. The maximum absolute atomic E-state index is 9.24. The molecule has 0 radical (unpaired) electrons. The Morgan fingerprint density at radius 2 is 0.627 bits per heavy atom. The maximum Gasteiger partial charge on any atom is 0.488 e. The third-order valence-electron chi connectivity index (χ3n) is 13.8. The van der Waals surface area contributed by atoms with Gasteiger partial charge >= 0.3 is 7.12 Å². The van der Waals surface area contributed by atoms with Crippen molar-refractivity contribution in [1.29, 1.82) is 0 Å². The van der Waals surface area contributed by atoms with Gasteiger partial charge in [0.25, 0.3) is 0 Å². The van der Waals surface area contributed by atoms with E-state index >= 15 is 0 Å². The number of halogens is 1. The molecule has 14 rings (SSSR count). The molecule has 0 bridgehead atoms. The van der Waals surface area contributed by atoms with E-state index in [1.165, 1.54) is 32.6 Å². The van der Waals surface area contributed by atoms with Gasteiger partial charge in [0.05, 0.1) is 26.5 Å². The highest BCUT2D eigenvalue weighted by Crippen LogP contribution is 2.40. The van der Waals surface area contributed by atoms with Crippen molar-refractivity contribution in [2.75, 3.05) is 0 Å². The molecule has 2 N–H and O–H groups in total. The highest BCUT2D eigenvalue weighted by molar-refractivity contribution is 9.10. The van der Waals surface area contributed by atoms with Crippen LogP contribution in [0.3, 0.4) is 0 Å². The largest absolute Gasteiger partial charge is 0.488 e. The second-order valence-corrected chi connectivity index (χ2v) is 20.0. The monoisotopic (exact) mass is 1150 g/mol. The fourth-order valence-corrected chi connectivity index (χ4v) is 10.3. The molecular formula is C73H56BBrN2O6. The summed E-state index contributed by atoms with van der Waals surface area (Å²) in [6.45, 7) is 0. The first-order valence-electron chi connectivity index (χ1n) is 26.8. The van der Waals surface area contributed by atoms with Crippen LogP contribution in [0.1, 0.15) is 7.43 Å². The van der Waals surface area contributed by atoms with Crippen LogP contribution >= 0.6 is 15.9 Å². The van der Waals surface area contributed by atoms with E-state index in [1.807, 2.05) is 188 Å². The molecule has 0 atom stereocenters. The Balaban J connectivity index is 0.000000140. The summed E-state index contributed by atoms with van der Waals surface area (Å²) in [5.41, 5.74) is 9.34. The molecule has 2 aromatic heterocycles. The predicted octanol–water partition coefficient (Wildman–Crippen LogP) is 19.2. The number of aromatic nitrogens is 2. The van der Waals surface area contributed by atoms with Crippen LogP contribution in [0.25, 0.3) is 66.1 Å². The minimum Gasteiger partial charge on any atom is -0.457 e. The molecule has 0 aliphatic rings. The SMILES string of the molecule is Brc1ccc(Oc2ccccc2)cc1Oc1ccccc1.C.OB(O)c1ccc(-n2c3ccccc3c3ccccc32)cc1.c1ccc(Oc2ccc(-c3ccc(-n4c5ccccc5c5ccccc54)cc3)c(Oc3ccccc3)c2)cc1. The van der Waals surface area contributed by atoms with Gasteiger partial charge in [0.2, 0.25) is 0 Å². The molecule has 10 heteroatoms. The van der Waals surface area contributed by atoms with E-state index in [9.17, 15) is 10.0 Å². The quantitative estimate of drug-likeness (QED) is 0.119. The first-order chi connectivity index (χ1) is 40.4. The number of rotatable bonds is 12. The zero-order valence-electron chi connectivity index (χ0n) is 44.2. The molecular weight excluding hydrogens is 1090 g/mol. The molecule has 0 fully saturated rings. The first kappa shape index (κ1) is 54.8. The lowest BCUT2D eigenvalue weighted by molar-refractivity contribution is 0.425. The first-order valence-corrected chi connectivity index (χ1v) is 27.6. The van der Waals surface area contributed by atoms with Gasteiger partial charge in [0, 0.05) is 50.6 Å². The molecule has 0 saturated heterocycles. The van der Waals surface area contributed by atoms with Crippen molar-refractivity contribution >= 4 is 72.1 Å². The predicted molar refractivity (Wildman–Crippen MR) is 344 cm³/mol. The molecule has 83 heavy (non-hydrogen) atoms. The third kappa shape index (κ3) is 12.5. The summed E-state index contributed by atoms with van der Waals surface area (Å²) < 4.78 is 29.6. The van der Waals surface area contributed by atoms with Crippen LogP contribution in [-0.4, -0.2) is 26.3 Å². The zero-order chi connectivity index (χ0) is 55.6. The van der Waals surface area contributed by atoms with Crippen LogP contribution < -0.4 is 24.4 Å². The average molecular weight is 1150 g/mol. The van der Waals surface area contributed by atoms with Gasteiger partial charge in [-0.1, -0.05) is 177 Å². The van der Waals surface area contributed by atoms with E-state index in [0.717, 1.165) is 84.0 Å². The van der Waals surface area contributed by atoms with Gasteiger partial charge in [0.1, 0.15) is 46.0 Å². The van der Waals surface area contributed by atoms with Crippen molar-refractivity contribution in [2.45, 2.75) is 7.43 Å². The molecule has 8 nitrogen and oxygen atoms in total. The number of hydrogen-bond acceptors (Lipinski definition) is 6. The number of ether oxygens (including phenoxy) is 4. The third-order valence-corrected chi connectivity index (χ3v) is 14.5. The Kier molecular flexibility index (Phi) is 16.9.